The summed E-state index contributed by atoms with van der Waals surface area (Å²) in [5, 5.41) is 12.5. The van der Waals surface area contributed by atoms with E-state index in [4.69, 9.17) is 11.9 Å². The van der Waals surface area contributed by atoms with E-state index < -0.39 is 5.60 Å². The van der Waals surface area contributed by atoms with Crippen molar-refractivity contribution in [3.05, 3.63) is 58.9 Å². The number of nitrogen functional groups attached to an aromatic ring is 1. The second kappa shape index (κ2) is 9.70. The van der Waals surface area contributed by atoms with Gasteiger partial charge in [-0.3, -0.25) is 0 Å². The van der Waals surface area contributed by atoms with Gasteiger partial charge in [-0.2, -0.15) is 0 Å². The third kappa shape index (κ3) is 5.86. The summed E-state index contributed by atoms with van der Waals surface area (Å²) in [6, 6.07) is 9.61. The molecule has 0 unspecified atom stereocenters. The van der Waals surface area contributed by atoms with Gasteiger partial charge in [-0.05, 0) is 63.5 Å². The number of aliphatic hydroxyl groups is 1. The molecule has 3 heterocycles. The normalized spacial score (nSPS) is 15.7. The first-order valence-electron chi connectivity index (χ1n) is 11.1. The first-order valence-corrected chi connectivity index (χ1v) is 11.5. The number of piperidine rings is 1. The van der Waals surface area contributed by atoms with Gasteiger partial charge in [0.1, 0.15) is 13.6 Å². The Balaban J connectivity index is 1.46. The van der Waals surface area contributed by atoms with Gasteiger partial charge in [0, 0.05) is 29.4 Å². The van der Waals surface area contributed by atoms with Crippen LogP contribution in [0.5, 0.6) is 5.75 Å². The zero-order chi connectivity index (χ0) is 23.4. The number of pyridine rings is 1. The highest BCUT2D eigenvalue weighted by molar-refractivity contribution is 7.15. The molecule has 2 aromatic heterocycles. The molecule has 6 nitrogen and oxygen atoms in total. The Morgan fingerprint density at radius 1 is 1.28 bits per heavy atom. The number of nitrogens with one attached hydrogen (secondary N) is 1. The molecule has 166 valence electrons. The van der Waals surface area contributed by atoms with Crippen molar-refractivity contribution in [2.45, 2.75) is 44.8 Å². The largest absolute Gasteiger partial charge is 0.485 e. The summed E-state index contributed by atoms with van der Waals surface area (Å²) in [5.41, 5.74) is 7.71. The van der Waals surface area contributed by atoms with Crippen LogP contribution in [0.15, 0.2) is 42.7 Å². The minimum absolute atomic E-state index is 0.326. The molecule has 0 atom stereocenters. The van der Waals surface area contributed by atoms with Gasteiger partial charge >= 0.3 is 0 Å². The number of hydrogen-bond donors (Lipinski definition) is 3. The van der Waals surface area contributed by atoms with Crippen molar-refractivity contribution in [1.29, 1.82) is 0 Å². The molecule has 7 heteroatoms. The van der Waals surface area contributed by atoms with Crippen molar-refractivity contribution in [2.75, 3.05) is 18.8 Å². The predicted molar refractivity (Wildman–Crippen MR) is 129 cm³/mol. The van der Waals surface area contributed by atoms with Crippen LogP contribution in [0.1, 0.15) is 48.7 Å². The third-order valence-electron chi connectivity index (χ3n) is 5.14. The predicted octanol–water partition coefficient (Wildman–Crippen LogP) is 3.96. The molecule has 0 bridgehead atoms. The number of benzene rings is 1. The number of nitrogens with two attached hydrogens (primary N) is 1. The molecule has 0 saturated carbocycles. The molecule has 4 rings (SSSR count). The summed E-state index contributed by atoms with van der Waals surface area (Å²) in [6.07, 6.45) is 5.56. The monoisotopic (exact) mass is 449 g/mol. The average Bonchev–Trinajstić information content (AvgIpc) is 3.28. The number of rotatable bonds is 5. The molecule has 4 N–H and O–H groups in total. The SMILES string of the molecule is [2H]N1CCC(c2ncc(-c3cnc(N)c(OCc4cccc(C#CC(C)(C)O)c4)c3)s2)CC1. The Morgan fingerprint density at radius 3 is 2.88 bits per heavy atom. The van der Waals surface area contributed by atoms with Gasteiger partial charge in [-0.1, -0.05) is 24.0 Å². The van der Waals surface area contributed by atoms with E-state index in [1.165, 1.54) is 0 Å². The van der Waals surface area contributed by atoms with Gasteiger partial charge < -0.3 is 20.9 Å². The second-order valence-corrected chi connectivity index (χ2v) is 9.48. The summed E-state index contributed by atoms with van der Waals surface area (Å²) in [6.45, 7) is 5.20. The fraction of sp³-hybridized carbons (Fsp3) is 0.360. The highest BCUT2D eigenvalue weighted by Gasteiger charge is 2.19. The Hall–Kier alpha value is -2.92. The van der Waals surface area contributed by atoms with Crippen LogP contribution >= 0.6 is 11.3 Å². The molecule has 1 aliphatic heterocycles. The van der Waals surface area contributed by atoms with Crippen LogP contribution in [0.25, 0.3) is 10.4 Å². The summed E-state index contributed by atoms with van der Waals surface area (Å²) >= 11 is 1.67. The van der Waals surface area contributed by atoms with Gasteiger partial charge in [0.15, 0.2) is 11.6 Å². The molecule has 32 heavy (non-hydrogen) atoms. The van der Waals surface area contributed by atoms with Crippen LogP contribution in [0.3, 0.4) is 0 Å². The maximum absolute atomic E-state index is 9.80. The highest BCUT2D eigenvalue weighted by Crippen LogP contribution is 2.35. The van der Waals surface area contributed by atoms with E-state index >= 15 is 0 Å². The molecular formula is C25H28N4O2S. The van der Waals surface area contributed by atoms with E-state index in [9.17, 15) is 5.11 Å². The number of nitrogens with zero attached hydrogens (tertiary/aromatic N) is 2. The second-order valence-electron chi connectivity index (χ2n) is 8.41. The number of hydrogen-bond acceptors (Lipinski definition) is 7. The van der Waals surface area contributed by atoms with Gasteiger partial charge in [-0.15, -0.1) is 11.3 Å². The lowest BCUT2D eigenvalue weighted by atomic mass is 9.99. The number of ether oxygens (including phenoxy) is 1. The lowest BCUT2D eigenvalue weighted by Crippen LogP contribution is -2.26. The molecule has 0 aliphatic carbocycles. The van der Waals surface area contributed by atoms with E-state index in [0.29, 0.717) is 24.1 Å². The smallest absolute Gasteiger partial charge is 0.166 e. The molecule has 1 aromatic carbocycles. The third-order valence-corrected chi connectivity index (χ3v) is 6.35. The van der Waals surface area contributed by atoms with Crippen molar-refractivity contribution in [3.63, 3.8) is 0 Å². The Bertz CT molecular complexity index is 1170. The molecule has 1 fully saturated rings. The maximum atomic E-state index is 9.80. The minimum atomic E-state index is -1.04. The van der Waals surface area contributed by atoms with Crippen molar-refractivity contribution in [3.8, 4) is 28.0 Å². The average molecular weight is 450 g/mol. The van der Waals surface area contributed by atoms with E-state index in [1.54, 1.807) is 36.7 Å². The molecule has 1 saturated heterocycles. The fourth-order valence-corrected chi connectivity index (χ4v) is 4.51. The first-order chi connectivity index (χ1) is 15.8. The Labute approximate surface area is 194 Å². The molecule has 3 aromatic rings. The van der Waals surface area contributed by atoms with Crippen molar-refractivity contribution < 1.29 is 11.3 Å². The van der Waals surface area contributed by atoms with Crippen LogP contribution in [-0.4, -0.2) is 33.8 Å². The van der Waals surface area contributed by atoms with Crippen LogP contribution in [0.2, 0.25) is 1.41 Å². The maximum Gasteiger partial charge on any atom is 0.166 e. The summed E-state index contributed by atoms with van der Waals surface area (Å²) in [7, 11) is 0. The molecule has 0 amide bonds. The van der Waals surface area contributed by atoms with E-state index in [2.05, 4.69) is 21.8 Å². The minimum Gasteiger partial charge on any atom is -0.485 e. The van der Waals surface area contributed by atoms with Crippen LogP contribution in [0.4, 0.5) is 5.82 Å². The lowest BCUT2D eigenvalue weighted by molar-refractivity contribution is 0.143. The number of anilines is 1. The molecular weight excluding hydrogens is 420 g/mol. The Morgan fingerprint density at radius 2 is 2.09 bits per heavy atom. The van der Waals surface area contributed by atoms with Crippen molar-refractivity contribution >= 4 is 17.2 Å². The Kier molecular flexibility index (Phi) is 6.35. The van der Waals surface area contributed by atoms with Crippen LogP contribution in [0, 0.1) is 11.8 Å². The van der Waals surface area contributed by atoms with E-state index in [1.807, 2.05) is 36.5 Å². The lowest BCUT2D eigenvalue weighted by Gasteiger charge is -2.20. The van der Waals surface area contributed by atoms with Gasteiger partial charge in [-0.25, -0.2) is 9.97 Å². The van der Waals surface area contributed by atoms with Gasteiger partial charge in [0.25, 0.3) is 0 Å². The van der Waals surface area contributed by atoms with Gasteiger partial charge in [0.05, 0.1) is 9.88 Å². The summed E-state index contributed by atoms with van der Waals surface area (Å²) < 4.78 is 13.7. The van der Waals surface area contributed by atoms with Crippen molar-refractivity contribution in [1.82, 2.24) is 15.3 Å². The van der Waals surface area contributed by atoms with E-state index in [-0.39, 0.29) is 0 Å². The molecule has 1 aliphatic rings. The zero-order valence-electron chi connectivity index (χ0n) is 19.3. The van der Waals surface area contributed by atoms with E-state index in [0.717, 1.165) is 52.5 Å². The van der Waals surface area contributed by atoms with Crippen molar-refractivity contribution in [2.24, 2.45) is 0 Å². The molecule has 0 radical (unpaired) electrons. The zero-order valence-corrected chi connectivity index (χ0v) is 19.2. The summed E-state index contributed by atoms with van der Waals surface area (Å²) in [5.74, 6) is 7.08. The standard InChI is InChI=1S/C25H28N4O2S/c1-25(2,30)9-6-17-4-3-5-18(12-17)16-31-21-13-20(14-28-23(21)26)22-15-29-24(32-22)19-7-10-27-11-8-19/h3-5,12-15,19,27,30H,7-8,10-11,16H2,1-2H3,(H2,26,28)/i/hD. The fourth-order valence-electron chi connectivity index (χ4n) is 3.44. The number of aromatic nitrogens is 2. The number of thiazole rings is 1. The van der Waals surface area contributed by atoms with Gasteiger partial charge in [0.2, 0.25) is 0 Å². The highest BCUT2D eigenvalue weighted by atomic mass is 32.1. The topological polar surface area (TPSA) is 93.3 Å². The molecule has 0 spiro atoms. The van der Waals surface area contributed by atoms with Crippen LogP contribution < -0.4 is 15.8 Å². The first kappa shape index (κ1) is 21.0. The quantitative estimate of drug-likeness (QED) is 0.511. The van der Waals surface area contributed by atoms with Crippen LogP contribution in [-0.2, 0) is 6.61 Å². The summed E-state index contributed by atoms with van der Waals surface area (Å²) in [4.78, 5) is 9.99.